The third-order valence-corrected chi connectivity index (χ3v) is 3.41. The van der Waals surface area contributed by atoms with Crippen LogP contribution in [0.25, 0.3) is 28.3 Å². The highest BCUT2D eigenvalue weighted by Crippen LogP contribution is 2.32. The van der Waals surface area contributed by atoms with Crippen molar-refractivity contribution < 1.29 is 9.90 Å². The smallest absolute Gasteiger partial charge is 0.328 e. The highest BCUT2D eigenvalue weighted by atomic mass is 16.4. The SMILES string of the molecule is O=C(O)/C=C/c1ccc(-c2cccnc2)c(-c2cccnc2)c1. The Kier molecular flexibility index (Phi) is 4.25. The Hall–Kier alpha value is -3.27. The van der Waals surface area contributed by atoms with Gasteiger partial charge in [0.05, 0.1) is 0 Å². The van der Waals surface area contributed by atoms with Gasteiger partial charge in [0, 0.05) is 42.0 Å². The third-order valence-electron chi connectivity index (χ3n) is 3.41. The third kappa shape index (κ3) is 3.49. The molecule has 1 aromatic carbocycles. The lowest BCUT2D eigenvalue weighted by atomic mass is 9.94. The number of hydrogen-bond acceptors (Lipinski definition) is 3. The molecule has 4 heteroatoms. The van der Waals surface area contributed by atoms with Crippen LogP contribution in [0.2, 0.25) is 0 Å². The van der Waals surface area contributed by atoms with Crippen molar-refractivity contribution in [2.75, 3.05) is 0 Å². The van der Waals surface area contributed by atoms with Crippen LogP contribution in [0.5, 0.6) is 0 Å². The maximum Gasteiger partial charge on any atom is 0.328 e. The highest BCUT2D eigenvalue weighted by Gasteiger charge is 2.08. The van der Waals surface area contributed by atoms with Gasteiger partial charge >= 0.3 is 5.97 Å². The van der Waals surface area contributed by atoms with Crippen LogP contribution >= 0.6 is 0 Å². The first kappa shape index (κ1) is 14.7. The monoisotopic (exact) mass is 302 g/mol. The van der Waals surface area contributed by atoms with Gasteiger partial charge in [0.1, 0.15) is 0 Å². The fourth-order valence-corrected chi connectivity index (χ4v) is 2.37. The molecule has 3 rings (SSSR count). The highest BCUT2D eigenvalue weighted by molar-refractivity contribution is 5.88. The first-order chi connectivity index (χ1) is 11.2. The number of aliphatic carboxylic acids is 1. The summed E-state index contributed by atoms with van der Waals surface area (Å²) in [6.07, 6.45) is 9.77. The van der Waals surface area contributed by atoms with Crippen molar-refractivity contribution in [3.63, 3.8) is 0 Å². The van der Waals surface area contributed by atoms with Crippen molar-refractivity contribution in [2.24, 2.45) is 0 Å². The molecular weight excluding hydrogens is 288 g/mol. The van der Waals surface area contributed by atoms with Crippen LogP contribution in [0.4, 0.5) is 0 Å². The zero-order valence-electron chi connectivity index (χ0n) is 12.3. The van der Waals surface area contributed by atoms with Crippen LogP contribution in [0, 0.1) is 0 Å². The lowest BCUT2D eigenvalue weighted by molar-refractivity contribution is -0.131. The van der Waals surface area contributed by atoms with Crippen LogP contribution in [0.3, 0.4) is 0 Å². The molecule has 0 amide bonds. The van der Waals surface area contributed by atoms with Crippen molar-refractivity contribution in [3.8, 4) is 22.3 Å². The summed E-state index contributed by atoms with van der Waals surface area (Å²) in [6, 6.07) is 13.6. The van der Waals surface area contributed by atoms with Crippen molar-refractivity contribution in [1.82, 2.24) is 9.97 Å². The predicted molar refractivity (Wildman–Crippen MR) is 89.6 cm³/mol. The summed E-state index contributed by atoms with van der Waals surface area (Å²) in [7, 11) is 0. The summed E-state index contributed by atoms with van der Waals surface area (Å²) in [5.41, 5.74) is 4.80. The molecule has 0 saturated carbocycles. The molecule has 0 unspecified atom stereocenters. The minimum Gasteiger partial charge on any atom is -0.478 e. The summed E-state index contributed by atoms with van der Waals surface area (Å²) in [5.74, 6) is -0.968. The molecule has 2 aromatic heterocycles. The molecule has 112 valence electrons. The minimum absolute atomic E-state index is 0.818. The molecule has 0 aliphatic carbocycles. The van der Waals surface area contributed by atoms with Gasteiger partial charge in [-0.25, -0.2) is 4.79 Å². The number of carbonyl (C=O) groups is 1. The van der Waals surface area contributed by atoms with E-state index in [1.807, 2.05) is 48.7 Å². The van der Waals surface area contributed by atoms with E-state index in [9.17, 15) is 4.79 Å². The van der Waals surface area contributed by atoms with Crippen LogP contribution in [-0.4, -0.2) is 21.0 Å². The number of rotatable bonds is 4. The summed E-state index contributed by atoms with van der Waals surface area (Å²) < 4.78 is 0. The number of carboxylic acid groups (broad SMARTS) is 1. The lowest BCUT2D eigenvalue weighted by Gasteiger charge is -2.11. The Morgan fingerprint density at radius 2 is 1.57 bits per heavy atom. The van der Waals surface area contributed by atoms with E-state index in [2.05, 4.69) is 9.97 Å². The molecule has 2 heterocycles. The average Bonchev–Trinajstić information content (AvgIpc) is 2.61. The Bertz CT molecular complexity index is 844. The Morgan fingerprint density at radius 1 is 0.913 bits per heavy atom. The molecule has 0 fully saturated rings. The molecule has 0 saturated heterocycles. The number of carboxylic acids is 1. The number of pyridine rings is 2. The second-order valence-electron chi connectivity index (χ2n) is 4.96. The normalized spacial score (nSPS) is 10.8. The van der Waals surface area contributed by atoms with Gasteiger partial charge in [-0.3, -0.25) is 9.97 Å². The van der Waals surface area contributed by atoms with Crippen molar-refractivity contribution in [1.29, 1.82) is 0 Å². The predicted octanol–water partition coefficient (Wildman–Crippen LogP) is 3.91. The maximum absolute atomic E-state index is 10.7. The fourth-order valence-electron chi connectivity index (χ4n) is 2.37. The number of hydrogen-bond donors (Lipinski definition) is 1. The molecule has 23 heavy (non-hydrogen) atoms. The Labute approximate surface area is 133 Å². The van der Waals surface area contributed by atoms with Crippen molar-refractivity contribution >= 4 is 12.0 Å². The van der Waals surface area contributed by atoms with E-state index in [0.717, 1.165) is 33.9 Å². The Balaban J connectivity index is 2.15. The summed E-state index contributed by atoms with van der Waals surface area (Å²) in [4.78, 5) is 19.1. The molecule has 0 spiro atoms. The molecule has 4 nitrogen and oxygen atoms in total. The van der Waals surface area contributed by atoms with Crippen LogP contribution in [0.15, 0.2) is 73.3 Å². The zero-order valence-corrected chi connectivity index (χ0v) is 12.3. The van der Waals surface area contributed by atoms with Gasteiger partial charge in [0.25, 0.3) is 0 Å². The molecule has 0 aliphatic rings. The number of aromatic nitrogens is 2. The second kappa shape index (κ2) is 6.66. The second-order valence-corrected chi connectivity index (χ2v) is 4.96. The number of nitrogens with zero attached hydrogens (tertiary/aromatic N) is 2. The van der Waals surface area contributed by atoms with Gasteiger partial charge in [0.15, 0.2) is 0 Å². The molecular formula is C19H14N2O2. The fraction of sp³-hybridized carbons (Fsp3) is 0. The van der Waals surface area contributed by atoms with E-state index in [1.165, 1.54) is 0 Å². The minimum atomic E-state index is -0.968. The van der Waals surface area contributed by atoms with Gasteiger partial charge in [-0.05, 0) is 41.0 Å². The van der Waals surface area contributed by atoms with E-state index >= 15 is 0 Å². The topological polar surface area (TPSA) is 63.1 Å². The number of benzene rings is 1. The first-order valence-electron chi connectivity index (χ1n) is 7.10. The van der Waals surface area contributed by atoms with Crippen LogP contribution in [-0.2, 0) is 4.79 Å². The first-order valence-corrected chi connectivity index (χ1v) is 7.10. The summed E-state index contributed by atoms with van der Waals surface area (Å²) in [5, 5.41) is 8.79. The van der Waals surface area contributed by atoms with Gasteiger partial charge in [0.2, 0.25) is 0 Å². The van der Waals surface area contributed by atoms with Crippen molar-refractivity contribution in [3.05, 3.63) is 78.9 Å². The maximum atomic E-state index is 10.7. The van der Waals surface area contributed by atoms with E-state index in [1.54, 1.807) is 24.7 Å². The van der Waals surface area contributed by atoms with Crippen molar-refractivity contribution in [2.45, 2.75) is 0 Å². The molecule has 0 radical (unpaired) electrons. The molecule has 0 aliphatic heterocycles. The standard InChI is InChI=1S/C19H14N2O2/c22-19(23)8-6-14-5-7-17(15-3-1-9-20-12-15)18(11-14)16-4-2-10-21-13-16/h1-13H,(H,22,23)/b8-6+. The summed E-state index contributed by atoms with van der Waals surface area (Å²) in [6.45, 7) is 0. The largest absolute Gasteiger partial charge is 0.478 e. The molecule has 1 N–H and O–H groups in total. The quantitative estimate of drug-likeness (QED) is 0.742. The van der Waals surface area contributed by atoms with Gasteiger partial charge in [-0.15, -0.1) is 0 Å². The zero-order chi connectivity index (χ0) is 16.1. The van der Waals surface area contributed by atoms with E-state index < -0.39 is 5.97 Å². The van der Waals surface area contributed by atoms with Gasteiger partial charge in [-0.1, -0.05) is 24.3 Å². The van der Waals surface area contributed by atoms with Gasteiger partial charge < -0.3 is 5.11 Å². The van der Waals surface area contributed by atoms with Crippen LogP contribution in [0.1, 0.15) is 5.56 Å². The molecule has 3 aromatic rings. The van der Waals surface area contributed by atoms with E-state index in [-0.39, 0.29) is 0 Å². The Morgan fingerprint density at radius 3 is 2.13 bits per heavy atom. The van der Waals surface area contributed by atoms with Gasteiger partial charge in [-0.2, -0.15) is 0 Å². The van der Waals surface area contributed by atoms with Crippen LogP contribution < -0.4 is 0 Å². The summed E-state index contributed by atoms with van der Waals surface area (Å²) >= 11 is 0. The average molecular weight is 302 g/mol. The lowest BCUT2D eigenvalue weighted by Crippen LogP contribution is -1.89. The van der Waals surface area contributed by atoms with E-state index in [4.69, 9.17) is 5.11 Å². The molecule has 0 bridgehead atoms. The molecule has 0 atom stereocenters. The van der Waals surface area contributed by atoms with E-state index in [0.29, 0.717) is 0 Å².